The van der Waals surface area contributed by atoms with Crippen LogP contribution in [0.25, 0.3) is 0 Å². The zero-order valence-electron chi connectivity index (χ0n) is 8.99. The topological polar surface area (TPSA) is 12.0 Å². The molecule has 1 N–H and O–H groups in total. The van der Waals surface area contributed by atoms with Crippen LogP contribution in [0.5, 0.6) is 0 Å². The van der Waals surface area contributed by atoms with Crippen LogP contribution in [0.15, 0.2) is 0 Å². The Bertz CT molecular complexity index is 95.8. The molecule has 12 heavy (non-hydrogen) atoms. The fourth-order valence-electron chi connectivity index (χ4n) is 1.11. The Morgan fingerprint density at radius 1 is 1.25 bits per heavy atom. The summed E-state index contributed by atoms with van der Waals surface area (Å²) in [5, 5.41) is 3.54. The average molecular weight is 285 g/mol. The van der Waals surface area contributed by atoms with Crippen molar-refractivity contribution < 1.29 is 0 Å². The van der Waals surface area contributed by atoms with Gasteiger partial charge in [0.1, 0.15) is 0 Å². The summed E-state index contributed by atoms with van der Waals surface area (Å²) in [5.41, 5.74) is 0. The van der Waals surface area contributed by atoms with E-state index in [2.05, 4.69) is 31.0 Å². The van der Waals surface area contributed by atoms with Crippen molar-refractivity contribution in [1.29, 1.82) is 0 Å². The summed E-state index contributed by atoms with van der Waals surface area (Å²) in [7, 11) is 0. The molecule has 76 valence electrons. The number of hydrogen-bond acceptors (Lipinski definition) is 1. The van der Waals surface area contributed by atoms with Gasteiger partial charge >= 0.3 is 85.1 Å². The Labute approximate surface area is 85.1 Å². The van der Waals surface area contributed by atoms with E-state index in [4.69, 9.17) is 0 Å². The van der Waals surface area contributed by atoms with E-state index < -0.39 is 19.8 Å². The van der Waals surface area contributed by atoms with Gasteiger partial charge in [0.15, 0.2) is 0 Å². The first-order valence-electron chi connectivity index (χ1n) is 4.97. The molecule has 0 aromatic heterocycles. The molecule has 0 spiro atoms. The van der Waals surface area contributed by atoms with Gasteiger partial charge in [0.25, 0.3) is 0 Å². The van der Waals surface area contributed by atoms with Crippen molar-refractivity contribution in [3.8, 4) is 0 Å². The normalized spacial score (nSPS) is 14.5. The molecule has 0 aliphatic carbocycles. The van der Waals surface area contributed by atoms with E-state index in [0.29, 0.717) is 0 Å². The van der Waals surface area contributed by atoms with E-state index in [1.54, 1.807) is 0 Å². The average Bonchev–Trinajstić information content (AvgIpc) is 2.05. The second-order valence-electron chi connectivity index (χ2n) is 3.34. The second-order valence-corrected chi connectivity index (χ2v) is 9.88. The quantitative estimate of drug-likeness (QED) is 0.328. The molecular weight excluding hydrogens is 261 g/mol. The molecule has 0 heterocycles. The number of halogens is 1. The van der Waals surface area contributed by atoms with Gasteiger partial charge in [0, 0.05) is 0 Å². The Balaban J connectivity index is 3.35. The molecule has 1 unspecified atom stereocenters. The van der Waals surface area contributed by atoms with Gasteiger partial charge in [0.05, 0.1) is 0 Å². The molecule has 1 nitrogen and oxygen atoms in total. The molecule has 0 radical (unpaired) electrons. The minimum absolute atomic E-state index is 0.621. The van der Waals surface area contributed by atoms with Gasteiger partial charge < -0.3 is 0 Å². The molecule has 0 aromatic carbocycles. The van der Waals surface area contributed by atoms with E-state index in [1.165, 1.54) is 30.4 Å². The Kier molecular flexibility index (Phi) is 8.77. The second kappa shape index (κ2) is 8.30. The predicted molar refractivity (Wildman–Crippen MR) is 67.5 cm³/mol. The zero-order chi connectivity index (χ0) is 9.40. The molecule has 2 heteroatoms. The maximum absolute atomic E-state index is 3.54. The van der Waals surface area contributed by atoms with Crippen LogP contribution in [0, 0.1) is 0 Å². The Morgan fingerprint density at radius 2 is 1.92 bits per heavy atom. The first-order chi connectivity index (χ1) is 5.72. The number of hydrogen-bond donors (Lipinski definition) is 1. The summed E-state index contributed by atoms with van der Waals surface area (Å²) in [6, 6.07) is 0. The summed E-state index contributed by atoms with van der Waals surface area (Å²) in [4.78, 5) is 2.51. The van der Waals surface area contributed by atoms with Gasteiger partial charge in [-0.25, -0.2) is 0 Å². The summed E-state index contributed by atoms with van der Waals surface area (Å²) in [6.45, 7) is 8.17. The van der Waals surface area contributed by atoms with Crippen molar-refractivity contribution in [3.05, 3.63) is 0 Å². The first kappa shape index (κ1) is 12.7. The van der Waals surface area contributed by atoms with Crippen molar-refractivity contribution >= 4 is 19.8 Å². The van der Waals surface area contributed by atoms with Gasteiger partial charge in [-0.3, -0.25) is 0 Å². The first-order valence-corrected chi connectivity index (χ1v) is 9.90. The number of alkyl halides is 3. The van der Waals surface area contributed by atoms with E-state index >= 15 is 0 Å². The summed E-state index contributed by atoms with van der Waals surface area (Å²) >= 11 is -0.621. The van der Waals surface area contributed by atoms with Crippen LogP contribution in [0.1, 0.15) is 40.0 Å². The van der Waals surface area contributed by atoms with E-state index in [-0.39, 0.29) is 0 Å². The van der Waals surface area contributed by atoms with Crippen LogP contribution in [-0.2, 0) is 0 Å². The van der Waals surface area contributed by atoms with E-state index in [9.17, 15) is 0 Å². The third kappa shape index (κ3) is 6.23. The van der Waals surface area contributed by atoms with Gasteiger partial charge in [0.2, 0.25) is 0 Å². The molecule has 0 fully saturated rings. The molecule has 0 rings (SSSR count). The predicted octanol–water partition coefficient (Wildman–Crippen LogP) is 3.27. The molecule has 1 atom stereocenters. The van der Waals surface area contributed by atoms with Crippen LogP contribution in [0.4, 0.5) is 0 Å². The van der Waals surface area contributed by atoms with Crippen molar-refractivity contribution in [2.24, 2.45) is 0 Å². The van der Waals surface area contributed by atoms with Crippen molar-refractivity contribution in [3.63, 3.8) is 0 Å². The van der Waals surface area contributed by atoms with Crippen molar-refractivity contribution in [2.45, 2.75) is 44.0 Å². The molecular formula is C10H24IN. The fraction of sp³-hybridized carbons (Fsp3) is 1.00. The van der Waals surface area contributed by atoms with Crippen LogP contribution < -0.4 is 5.32 Å². The van der Waals surface area contributed by atoms with Crippen LogP contribution >= 0.6 is 19.8 Å². The summed E-state index contributed by atoms with van der Waals surface area (Å²) < 4.78 is 2.38. The van der Waals surface area contributed by atoms with Crippen LogP contribution in [-0.4, -0.2) is 20.0 Å². The van der Waals surface area contributed by atoms with Crippen LogP contribution in [0.3, 0.4) is 0 Å². The van der Waals surface area contributed by atoms with E-state index in [1.807, 2.05) is 0 Å². The third-order valence-corrected chi connectivity index (χ3v) is 8.05. The zero-order valence-corrected chi connectivity index (χ0v) is 11.1. The molecule has 0 saturated heterocycles. The number of nitrogens with one attached hydrogen (secondary N) is 1. The summed E-state index contributed by atoms with van der Waals surface area (Å²) in [6.07, 6.45) is 4.07. The minimum atomic E-state index is -0.621. The Hall–Kier alpha value is 0.690. The molecule has 0 bridgehead atoms. The Morgan fingerprint density at radius 3 is 2.42 bits per heavy atom. The molecule has 0 aliphatic heterocycles. The SMILES string of the molecule is CCCNCI(C)C(C)CCC. The van der Waals surface area contributed by atoms with Gasteiger partial charge in [-0.2, -0.15) is 0 Å². The third-order valence-electron chi connectivity index (χ3n) is 2.05. The molecule has 0 amide bonds. The molecule has 0 saturated carbocycles. The molecule has 0 aliphatic rings. The van der Waals surface area contributed by atoms with E-state index in [0.717, 1.165) is 3.92 Å². The maximum atomic E-state index is 3.54. The van der Waals surface area contributed by atoms with Gasteiger partial charge in [-0.05, 0) is 0 Å². The number of rotatable bonds is 7. The standard InChI is InChI=1S/C10H24IN/c1-5-7-10(3)11(4)9-12-8-6-2/h10,12H,5-9H2,1-4H3. The van der Waals surface area contributed by atoms with Crippen LogP contribution in [0.2, 0.25) is 0 Å². The summed E-state index contributed by atoms with van der Waals surface area (Å²) in [5.74, 6) is 0. The fourth-order valence-corrected chi connectivity index (χ4v) is 4.78. The monoisotopic (exact) mass is 285 g/mol. The molecule has 0 aromatic rings. The van der Waals surface area contributed by atoms with Crippen molar-refractivity contribution in [1.82, 2.24) is 5.32 Å². The van der Waals surface area contributed by atoms with Gasteiger partial charge in [-0.15, -0.1) is 0 Å². The van der Waals surface area contributed by atoms with Crippen molar-refractivity contribution in [2.75, 3.05) is 16.0 Å². The van der Waals surface area contributed by atoms with Gasteiger partial charge in [-0.1, -0.05) is 0 Å².